The highest BCUT2D eigenvalue weighted by atomic mass is 15.1. The number of fused-ring (bicyclic) bond motifs is 1. The zero-order valence-electron chi connectivity index (χ0n) is 32.6. The lowest BCUT2D eigenvalue weighted by Crippen LogP contribution is -2.11. The van der Waals surface area contributed by atoms with Crippen LogP contribution in [0.25, 0.3) is 77.5 Å². The van der Waals surface area contributed by atoms with Gasteiger partial charge in [0.1, 0.15) is 0 Å². The van der Waals surface area contributed by atoms with Crippen LogP contribution in [-0.2, 0) is 0 Å². The average Bonchev–Trinajstić information content (AvgIpc) is 3.32. The lowest BCUT2D eigenvalue weighted by Gasteiger charge is -2.29. The van der Waals surface area contributed by atoms with Gasteiger partial charge in [0.15, 0.2) is 0 Å². The lowest BCUT2D eigenvalue weighted by molar-refractivity contribution is 1.28. The third kappa shape index (κ3) is 7.12. The normalized spacial score (nSPS) is 11.1. The van der Waals surface area contributed by atoms with Gasteiger partial charge in [0, 0.05) is 16.9 Å². The van der Waals surface area contributed by atoms with Crippen LogP contribution in [0.5, 0.6) is 0 Å². The van der Waals surface area contributed by atoms with E-state index in [9.17, 15) is 0 Å². The van der Waals surface area contributed by atoms with Crippen LogP contribution in [0.3, 0.4) is 0 Å². The zero-order valence-corrected chi connectivity index (χ0v) is 32.6. The Bertz CT molecular complexity index is 3020. The third-order valence-corrected chi connectivity index (χ3v) is 11.3. The molecule has 0 atom stereocenters. The van der Waals surface area contributed by atoms with Crippen molar-refractivity contribution in [3.63, 3.8) is 0 Å². The molecule has 10 aromatic carbocycles. The van der Waals surface area contributed by atoms with Crippen LogP contribution >= 0.6 is 0 Å². The smallest absolute Gasteiger partial charge is 0.0540 e. The highest BCUT2D eigenvalue weighted by Crippen LogP contribution is 2.48. The summed E-state index contributed by atoms with van der Waals surface area (Å²) in [6, 6.07) is 90.0. The van der Waals surface area contributed by atoms with Crippen LogP contribution in [-0.4, -0.2) is 0 Å². The zero-order chi connectivity index (χ0) is 39.4. The Balaban J connectivity index is 1.20. The molecule has 0 heterocycles. The summed E-state index contributed by atoms with van der Waals surface area (Å²) in [5, 5.41) is 2.47. The van der Waals surface area contributed by atoms with E-state index in [4.69, 9.17) is 0 Å². The average molecular weight is 752 g/mol. The van der Waals surface area contributed by atoms with Crippen molar-refractivity contribution in [3.8, 4) is 66.8 Å². The molecule has 0 aromatic heterocycles. The second kappa shape index (κ2) is 16.0. The van der Waals surface area contributed by atoms with Crippen molar-refractivity contribution >= 4 is 27.8 Å². The topological polar surface area (TPSA) is 3.24 Å². The van der Waals surface area contributed by atoms with E-state index in [1.807, 2.05) is 0 Å². The van der Waals surface area contributed by atoms with Crippen LogP contribution in [0, 0.1) is 0 Å². The van der Waals surface area contributed by atoms with E-state index in [0.717, 1.165) is 22.6 Å². The number of rotatable bonds is 9. The molecule has 0 radical (unpaired) electrons. The first-order valence-corrected chi connectivity index (χ1v) is 20.3. The fourth-order valence-corrected chi connectivity index (χ4v) is 8.45. The highest BCUT2D eigenvalue weighted by molar-refractivity contribution is 6.03. The van der Waals surface area contributed by atoms with E-state index >= 15 is 0 Å². The molecule has 0 aliphatic carbocycles. The lowest BCUT2D eigenvalue weighted by atomic mass is 9.84. The van der Waals surface area contributed by atoms with Gasteiger partial charge in [-0.3, -0.25) is 0 Å². The molecule has 0 fully saturated rings. The van der Waals surface area contributed by atoms with Crippen LogP contribution in [0.4, 0.5) is 17.1 Å². The Labute approximate surface area is 346 Å². The van der Waals surface area contributed by atoms with Gasteiger partial charge in [-0.05, 0) is 108 Å². The summed E-state index contributed by atoms with van der Waals surface area (Å²) < 4.78 is 0. The molecule has 10 aromatic rings. The van der Waals surface area contributed by atoms with E-state index in [1.54, 1.807) is 0 Å². The molecule has 278 valence electrons. The van der Waals surface area contributed by atoms with Gasteiger partial charge in [-0.1, -0.05) is 212 Å². The van der Waals surface area contributed by atoms with E-state index in [2.05, 4.69) is 254 Å². The van der Waals surface area contributed by atoms with Gasteiger partial charge in [-0.2, -0.15) is 0 Å². The number of hydrogen-bond donors (Lipinski definition) is 0. The number of benzene rings is 10. The fourth-order valence-electron chi connectivity index (χ4n) is 8.45. The Kier molecular flexibility index (Phi) is 9.68. The molecule has 1 nitrogen and oxygen atoms in total. The Morgan fingerprint density at radius 3 is 1.42 bits per heavy atom. The van der Waals surface area contributed by atoms with Crippen molar-refractivity contribution in [2.75, 3.05) is 4.90 Å². The maximum atomic E-state index is 2.43. The van der Waals surface area contributed by atoms with Crippen molar-refractivity contribution in [2.45, 2.75) is 0 Å². The first-order chi connectivity index (χ1) is 29.3. The van der Waals surface area contributed by atoms with Gasteiger partial charge in [-0.15, -0.1) is 0 Å². The van der Waals surface area contributed by atoms with Crippen molar-refractivity contribution in [3.05, 3.63) is 249 Å². The molecular formula is C58H41N. The van der Waals surface area contributed by atoms with Crippen LogP contribution in [0.2, 0.25) is 0 Å². The second-order valence-corrected chi connectivity index (χ2v) is 14.9. The molecule has 0 bridgehead atoms. The molecule has 0 aliphatic heterocycles. The summed E-state index contributed by atoms with van der Waals surface area (Å²) >= 11 is 0. The predicted molar refractivity (Wildman–Crippen MR) is 251 cm³/mol. The van der Waals surface area contributed by atoms with Crippen molar-refractivity contribution in [2.24, 2.45) is 0 Å². The quantitative estimate of drug-likeness (QED) is 0.142. The van der Waals surface area contributed by atoms with Gasteiger partial charge in [0.25, 0.3) is 0 Å². The molecule has 0 saturated heterocycles. The molecule has 0 aliphatic rings. The number of hydrogen-bond acceptors (Lipinski definition) is 1. The summed E-state index contributed by atoms with van der Waals surface area (Å²) in [6.07, 6.45) is 0. The van der Waals surface area contributed by atoms with Crippen LogP contribution in [0.15, 0.2) is 249 Å². The Hall–Kier alpha value is -7.74. The molecule has 59 heavy (non-hydrogen) atoms. The second-order valence-electron chi connectivity index (χ2n) is 14.9. The number of nitrogens with zero attached hydrogens (tertiary/aromatic N) is 1. The maximum absolute atomic E-state index is 2.43. The first kappa shape index (κ1) is 35.7. The molecule has 0 unspecified atom stereocenters. The van der Waals surface area contributed by atoms with Crippen molar-refractivity contribution in [1.82, 2.24) is 0 Å². The minimum absolute atomic E-state index is 1.08. The van der Waals surface area contributed by atoms with Crippen LogP contribution in [0.1, 0.15) is 0 Å². The Morgan fingerprint density at radius 2 is 0.695 bits per heavy atom. The van der Waals surface area contributed by atoms with Gasteiger partial charge in [0.2, 0.25) is 0 Å². The predicted octanol–water partition coefficient (Wildman–Crippen LogP) is 16.3. The van der Waals surface area contributed by atoms with Gasteiger partial charge < -0.3 is 4.90 Å². The molecule has 0 amide bonds. The summed E-state index contributed by atoms with van der Waals surface area (Å²) in [6.45, 7) is 0. The SMILES string of the molecule is c1ccc(-c2ccc(N(c3cccc(-c4ccc5ccccc5c4)c3)c3ccccc3-c3cccc(-c4ccccc4)c3-c3ccccc3-c3ccccc3)cc2)cc1. The summed E-state index contributed by atoms with van der Waals surface area (Å²) in [5.74, 6) is 0. The molecular weight excluding hydrogens is 711 g/mol. The maximum Gasteiger partial charge on any atom is 0.0540 e. The van der Waals surface area contributed by atoms with Crippen LogP contribution < -0.4 is 4.90 Å². The third-order valence-electron chi connectivity index (χ3n) is 11.3. The minimum Gasteiger partial charge on any atom is -0.310 e. The minimum atomic E-state index is 1.08. The summed E-state index contributed by atoms with van der Waals surface area (Å²) in [4.78, 5) is 2.43. The molecule has 10 rings (SSSR count). The largest absolute Gasteiger partial charge is 0.310 e. The van der Waals surface area contributed by atoms with E-state index in [-0.39, 0.29) is 0 Å². The summed E-state index contributed by atoms with van der Waals surface area (Å²) in [7, 11) is 0. The Morgan fingerprint density at radius 1 is 0.220 bits per heavy atom. The molecule has 0 spiro atoms. The van der Waals surface area contributed by atoms with Crippen molar-refractivity contribution in [1.29, 1.82) is 0 Å². The fraction of sp³-hybridized carbons (Fsp3) is 0. The van der Waals surface area contributed by atoms with Gasteiger partial charge in [0.05, 0.1) is 5.69 Å². The standard InChI is InChI=1S/C58H41N/c1-4-18-42(19-5-1)44-36-38-50(39-37-44)59(51-27-16-26-48(41-51)49-35-34-43-20-10-11-25-47(43)40-49)57-33-15-14-29-54(57)56-32-17-31-53(46-23-8-3-9-24-46)58(56)55-30-13-12-28-52(55)45-21-6-2-7-22-45/h1-41H. The highest BCUT2D eigenvalue weighted by Gasteiger charge is 2.23. The monoisotopic (exact) mass is 751 g/mol. The number of anilines is 3. The van der Waals surface area contributed by atoms with E-state index < -0.39 is 0 Å². The van der Waals surface area contributed by atoms with Gasteiger partial charge >= 0.3 is 0 Å². The summed E-state index contributed by atoms with van der Waals surface area (Å²) in [5.41, 5.74) is 17.5. The molecule has 0 N–H and O–H groups in total. The number of para-hydroxylation sites is 1. The molecule has 0 saturated carbocycles. The first-order valence-electron chi connectivity index (χ1n) is 20.3. The van der Waals surface area contributed by atoms with E-state index in [0.29, 0.717) is 0 Å². The molecule has 1 heteroatoms. The van der Waals surface area contributed by atoms with E-state index in [1.165, 1.54) is 72.0 Å². The van der Waals surface area contributed by atoms with Gasteiger partial charge in [-0.25, -0.2) is 0 Å². The van der Waals surface area contributed by atoms with Crippen molar-refractivity contribution < 1.29 is 0 Å².